The third-order valence-corrected chi connectivity index (χ3v) is 7.46. The quantitative estimate of drug-likeness (QED) is 0.506. The maximum Gasteiger partial charge on any atom is 0.411 e. The molecule has 30 heavy (non-hydrogen) atoms. The van der Waals surface area contributed by atoms with Gasteiger partial charge in [-0.25, -0.2) is 4.79 Å². The lowest BCUT2D eigenvalue weighted by atomic mass is 9.74. The number of ether oxygens (including phenoxy) is 1. The zero-order valence-electron chi connectivity index (χ0n) is 17.1. The van der Waals surface area contributed by atoms with Crippen molar-refractivity contribution in [2.45, 2.75) is 44.2 Å². The summed E-state index contributed by atoms with van der Waals surface area (Å²) in [6.07, 6.45) is 1.13. The normalized spacial score (nSPS) is 29.2. The number of rotatable bonds is 4. The Balaban J connectivity index is 1.48. The summed E-state index contributed by atoms with van der Waals surface area (Å²) in [5, 5.41) is 16.6. The number of amidine groups is 1. The van der Waals surface area contributed by atoms with Crippen LogP contribution in [0.2, 0.25) is 0 Å². The van der Waals surface area contributed by atoms with E-state index in [9.17, 15) is 14.4 Å². The Labute approximate surface area is 174 Å². The van der Waals surface area contributed by atoms with E-state index in [0.717, 1.165) is 0 Å². The van der Waals surface area contributed by atoms with Crippen LogP contribution in [0.25, 0.3) is 0 Å². The van der Waals surface area contributed by atoms with Gasteiger partial charge >= 0.3 is 12.1 Å². The van der Waals surface area contributed by atoms with Crippen molar-refractivity contribution >= 4 is 23.8 Å². The van der Waals surface area contributed by atoms with E-state index in [0.29, 0.717) is 43.5 Å². The molecule has 4 N–H and O–H groups in total. The molecule has 2 heterocycles. The maximum absolute atomic E-state index is 12.9. The molecular formula is C21H26N4O5. The molecule has 9 heteroatoms. The molecule has 9 nitrogen and oxygen atoms in total. The number of hydrogen-bond acceptors (Lipinski definition) is 5. The van der Waals surface area contributed by atoms with Gasteiger partial charge in [0.1, 0.15) is 18.0 Å². The van der Waals surface area contributed by atoms with E-state index >= 15 is 0 Å². The van der Waals surface area contributed by atoms with Crippen LogP contribution in [0.4, 0.5) is 4.79 Å². The summed E-state index contributed by atoms with van der Waals surface area (Å²) < 4.78 is 5.87. The highest BCUT2D eigenvalue weighted by molar-refractivity contribution is 5.98. The predicted octanol–water partition coefficient (Wildman–Crippen LogP) is 1.65. The van der Waals surface area contributed by atoms with Gasteiger partial charge in [-0.15, -0.1) is 0 Å². The molecular weight excluding hydrogens is 388 g/mol. The third kappa shape index (κ3) is 2.75. The van der Waals surface area contributed by atoms with Crippen LogP contribution in [0.1, 0.15) is 49.0 Å². The minimum atomic E-state index is -1.06. The first-order valence-corrected chi connectivity index (χ1v) is 9.99. The van der Waals surface area contributed by atoms with Gasteiger partial charge in [-0.1, -0.05) is 19.1 Å². The number of piperidine rings is 1. The number of carbonyl (C=O) groups excluding carboxylic acids is 2. The second-order valence-corrected chi connectivity index (χ2v) is 8.91. The van der Waals surface area contributed by atoms with Crippen molar-refractivity contribution in [3.05, 3.63) is 35.4 Å². The molecule has 0 bridgehead atoms. The smallest absolute Gasteiger partial charge is 0.411 e. The van der Waals surface area contributed by atoms with Crippen molar-refractivity contribution < 1.29 is 24.2 Å². The zero-order chi connectivity index (χ0) is 21.9. The lowest BCUT2D eigenvalue weighted by Gasteiger charge is -2.51. The Morgan fingerprint density at radius 3 is 2.27 bits per heavy atom. The fourth-order valence-electron chi connectivity index (χ4n) is 5.30. The second kappa shape index (κ2) is 6.45. The molecule has 4 rings (SSSR count). The SMILES string of the molecule is CC12C[C@]1(C)N(CC(=O)O)C(=O)OC21CCN(C(=O)c2ccc(C(=N)N)cc2)CC1. The fraction of sp³-hybridized carbons (Fsp3) is 0.524. The van der Waals surface area contributed by atoms with E-state index in [4.69, 9.17) is 21.0 Å². The number of nitrogens with zero attached hydrogens (tertiary/aromatic N) is 2. The highest BCUT2D eigenvalue weighted by Crippen LogP contribution is 2.70. The van der Waals surface area contributed by atoms with E-state index in [-0.39, 0.29) is 23.7 Å². The Morgan fingerprint density at radius 2 is 1.73 bits per heavy atom. The summed E-state index contributed by atoms with van der Waals surface area (Å²) in [6, 6.07) is 6.62. The molecule has 3 aliphatic rings. The molecule has 1 saturated carbocycles. The van der Waals surface area contributed by atoms with Gasteiger partial charge in [0.2, 0.25) is 0 Å². The molecule has 160 valence electrons. The number of hydrogen-bond donors (Lipinski definition) is 3. The van der Waals surface area contributed by atoms with Crippen LogP contribution in [0.15, 0.2) is 24.3 Å². The highest BCUT2D eigenvalue weighted by atomic mass is 16.6. The van der Waals surface area contributed by atoms with Crippen molar-refractivity contribution in [2.75, 3.05) is 19.6 Å². The van der Waals surface area contributed by atoms with Crippen LogP contribution in [0, 0.1) is 10.8 Å². The van der Waals surface area contributed by atoms with E-state index in [1.54, 1.807) is 29.2 Å². The Hall–Kier alpha value is -3.10. The second-order valence-electron chi connectivity index (χ2n) is 8.91. The number of fused-ring (bicyclic) bond motifs is 2. The summed E-state index contributed by atoms with van der Waals surface area (Å²) in [5.41, 5.74) is 4.96. The van der Waals surface area contributed by atoms with Crippen LogP contribution in [-0.4, -0.2) is 69.5 Å². The van der Waals surface area contributed by atoms with Crippen LogP contribution in [0.3, 0.4) is 0 Å². The van der Waals surface area contributed by atoms with Gasteiger partial charge in [-0.2, -0.15) is 0 Å². The van der Waals surface area contributed by atoms with Gasteiger partial charge < -0.3 is 20.5 Å². The largest absolute Gasteiger partial charge is 0.480 e. The first kappa shape index (κ1) is 20.2. The van der Waals surface area contributed by atoms with Crippen LogP contribution < -0.4 is 5.73 Å². The summed E-state index contributed by atoms with van der Waals surface area (Å²) >= 11 is 0. The first-order valence-electron chi connectivity index (χ1n) is 9.99. The Kier molecular flexibility index (Phi) is 4.34. The van der Waals surface area contributed by atoms with E-state index in [2.05, 4.69) is 0 Å². The molecule has 2 saturated heterocycles. The van der Waals surface area contributed by atoms with Crippen LogP contribution in [-0.2, 0) is 9.53 Å². The number of nitrogens with two attached hydrogens (primary N) is 1. The molecule has 1 aromatic carbocycles. The number of carbonyl (C=O) groups is 3. The molecule has 1 aliphatic carbocycles. The summed E-state index contributed by atoms with van der Waals surface area (Å²) in [6.45, 7) is 4.50. The van der Waals surface area contributed by atoms with E-state index < -0.39 is 23.2 Å². The molecule has 2 aliphatic heterocycles. The van der Waals surface area contributed by atoms with Crippen molar-refractivity contribution in [3.8, 4) is 0 Å². The van der Waals surface area contributed by atoms with Crippen molar-refractivity contribution in [3.63, 3.8) is 0 Å². The first-order chi connectivity index (χ1) is 14.0. The number of aliphatic carboxylic acids is 1. The molecule has 1 aromatic rings. The number of likely N-dealkylation sites (tertiary alicyclic amines) is 1. The number of nitrogen functional groups attached to an aromatic ring is 1. The highest BCUT2D eigenvalue weighted by Gasteiger charge is 2.79. The van der Waals surface area contributed by atoms with Gasteiger partial charge in [0.25, 0.3) is 5.91 Å². The minimum Gasteiger partial charge on any atom is -0.480 e. The molecule has 1 spiro atoms. The summed E-state index contributed by atoms with van der Waals surface area (Å²) in [7, 11) is 0. The van der Waals surface area contributed by atoms with Gasteiger partial charge in [0.05, 0.1) is 5.54 Å². The maximum atomic E-state index is 12.9. The monoisotopic (exact) mass is 414 g/mol. The lowest BCUT2D eigenvalue weighted by molar-refractivity contribution is -0.149. The molecule has 1 unspecified atom stereocenters. The fourth-order valence-corrected chi connectivity index (χ4v) is 5.30. The predicted molar refractivity (Wildman–Crippen MR) is 107 cm³/mol. The lowest BCUT2D eigenvalue weighted by Crippen LogP contribution is -2.63. The Morgan fingerprint density at radius 1 is 1.17 bits per heavy atom. The van der Waals surface area contributed by atoms with Crippen molar-refractivity contribution in [2.24, 2.45) is 11.1 Å². The average Bonchev–Trinajstić information content (AvgIpc) is 3.30. The summed E-state index contributed by atoms with van der Waals surface area (Å²) in [5.74, 6) is -1.22. The number of nitrogens with one attached hydrogen (secondary N) is 1. The van der Waals surface area contributed by atoms with E-state index in [1.165, 1.54) is 4.90 Å². The third-order valence-electron chi connectivity index (χ3n) is 7.46. The van der Waals surface area contributed by atoms with Gasteiger partial charge in [-0.05, 0) is 25.5 Å². The number of amides is 2. The van der Waals surface area contributed by atoms with Crippen LogP contribution in [0.5, 0.6) is 0 Å². The number of carboxylic acid groups (broad SMARTS) is 1. The minimum absolute atomic E-state index is 0.0503. The zero-order valence-corrected chi connectivity index (χ0v) is 17.1. The van der Waals surface area contributed by atoms with Gasteiger partial charge in [0, 0.05) is 42.5 Å². The molecule has 2 atom stereocenters. The molecule has 0 aromatic heterocycles. The average molecular weight is 414 g/mol. The number of benzene rings is 1. The van der Waals surface area contributed by atoms with E-state index in [1.807, 2.05) is 13.8 Å². The Bertz CT molecular complexity index is 937. The van der Waals surface area contributed by atoms with Crippen LogP contribution >= 0.6 is 0 Å². The van der Waals surface area contributed by atoms with Gasteiger partial charge in [0.15, 0.2) is 0 Å². The van der Waals surface area contributed by atoms with Crippen molar-refractivity contribution in [1.82, 2.24) is 9.80 Å². The number of carboxylic acids is 1. The summed E-state index contributed by atoms with van der Waals surface area (Å²) in [4.78, 5) is 39.8. The van der Waals surface area contributed by atoms with Gasteiger partial charge in [-0.3, -0.25) is 19.9 Å². The molecule has 3 fully saturated rings. The molecule has 0 radical (unpaired) electrons. The topological polar surface area (TPSA) is 137 Å². The molecule has 2 amide bonds. The van der Waals surface area contributed by atoms with Crippen molar-refractivity contribution in [1.29, 1.82) is 5.41 Å². The standard InChI is InChI=1S/C21H26N4O5/c1-19-12-20(19,2)25(11-15(26)27)18(29)30-21(19)7-9-24(10-8-21)17(28)14-5-3-13(4-6-14)16(22)23/h3-6H,7-12H2,1-2H3,(H3,22,23)(H,26,27)/t19?,20-/m0/s1.